The number of hydrogen-bond acceptors (Lipinski definition) is 7. The molecule has 0 aliphatic carbocycles. The van der Waals surface area contributed by atoms with E-state index in [4.69, 9.17) is 5.73 Å². The quantitative estimate of drug-likeness (QED) is 0.828. The van der Waals surface area contributed by atoms with Crippen LogP contribution in [0.2, 0.25) is 0 Å². The minimum Gasteiger partial charge on any atom is -0.399 e. The third-order valence-electron chi connectivity index (χ3n) is 3.49. The van der Waals surface area contributed by atoms with Crippen LogP contribution in [0.5, 0.6) is 0 Å². The molecule has 0 saturated carbocycles. The number of rotatable bonds is 2. The molecule has 2 aromatic rings. The zero-order valence-electron chi connectivity index (χ0n) is 11.6. The van der Waals surface area contributed by atoms with E-state index in [9.17, 15) is 8.42 Å². The lowest BCUT2D eigenvalue weighted by atomic mass is 10.2. The lowest BCUT2D eigenvalue weighted by molar-refractivity contribution is 0.584. The molecule has 2 heterocycles. The van der Waals surface area contributed by atoms with Gasteiger partial charge in [-0.25, -0.2) is 18.4 Å². The molecule has 1 aromatic carbocycles. The first kappa shape index (κ1) is 14.4. The van der Waals surface area contributed by atoms with Crippen molar-refractivity contribution in [3.05, 3.63) is 24.5 Å². The molecular formula is C13H16N4O2S2. The predicted molar refractivity (Wildman–Crippen MR) is 87.3 cm³/mol. The highest BCUT2D eigenvalue weighted by atomic mass is 32.2. The summed E-state index contributed by atoms with van der Waals surface area (Å²) in [4.78, 5) is 10.4. The van der Waals surface area contributed by atoms with Crippen molar-refractivity contribution in [3.8, 4) is 0 Å². The Morgan fingerprint density at radius 3 is 2.95 bits per heavy atom. The fraction of sp³-hybridized carbons (Fsp3) is 0.385. The van der Waals surface area contributed by atoms with Gasteiger partial charge in [0.25, 0.3) is 0 Å². The van der Waals surface area contributed by atoms with Gasteiger partial charge < -0.3 is 10.6 Å². The van der Waals surface area contributed by atoms with Crippen molar-refractivity contribution < 1.29 is 8.42 Å². The molecule has 0 amide bonds. The van der Waals surface area contributed by atoms with Crippen molar-refractivity contribution in [2.75, 3.05) is 34.9 Å². The van der Waals surface area contributed by atoms with E-state index in [1.165, 1.54) is 12.6 Å². The Hall–Kier alpha value is -1.54. The summed E-state index contributed by atoms with van der Waals surface area (Å²) in [5, 5.41) is 0.277. The molecule has 0 bridgehead atoms. The van der Waals surface area contributed by atoms with Gasteiger partial charge in [0.15, 0.2) is 9.84 Å². The lowest BCUT2D eigenvalue weighted by Crippen LogP contribution is -2.47. The highest BCUT2D eigenvalue weighted by molar-refractivity contribution is 8.01. The molecule has 21 heavy (non-hydrogen) atoms. The molecule has 6 nitrogen and oxygen atoms in total. The minimum atomic E-state index is -3.18. The van der Waals surface area contributed by atoms with Gasteiger partial charge in [0.1, 0.15) is 17.5 Å². The second-order valence-corrected chi connectivity index (χ2v) is 8.38. The fourth-order valence-corrected chi connectivity index (χ4v) is 5.29. The van der Waals surface area contributed by atoms with Crippen molar-refractivity contribution in [1.82, 2.24) is 9.97 Å². The molecule has 2 N–H and O–H groups in total. The Balaban J connectivity index is 2.14. The van der Waals surface area contributed by atoms with E-state index in [0.717, 1.165) is 16.7 Å². The van der Waals surface area contributed by atoms with Crippen molar-refractivity contribution in [1.29, 1.82) is 0 Å². The second kappa shape index (κ2) is 5.34. The average molecular weight is 324 g/mol. The van der Waals surface area contributed by atoms with Crippen LogP contribution < -0.4 is 10.6 Å². The number of fused-ring (bicyclic) bond motifs is 1. The van der Waals surface area contributed by atoms with Gasteiger partial charge in [-0.05, 0) is 18.2 Å². The molecule has 1 aliphatic heterocycles. The van der Waals surface area contributed by atoms with Gasteiger partial charge in [-0.2, -0.15) is 11.8 Å². The van der Waals surface area contributed by atoms with Gasteiger partial charge in [-0.3, -0.25) is 0 Å². The third-order valence-corrected chi connectivity index (χ3v) is 6.13. The summed E-state index contributed by atoms with van der Waals surface area (Å²) >= 11 is 1.65. The maximum Gasteiger partial charge on any atom is 0.169 e. The molecule has 0 spiro atoms. The third kappa shape index (κ3) is 2.77. The Labute approximate surface area is 127 Å². The molecule has 112 valence electrons. The van der Waals surface area contributed by atoms with Gasteiger partial charge >= 0.3 is 0 Å². The van der Waals surface area contributed by atoms with E-state index in [-0.39, 0.29) is 0 Å². The van der Waals surface area contributed by atoms with Crippen LogP contribution >= 0.6 is 11.8 Å². The fourth-order valence-electron chi connectivity index (χ4n) is 2.47. The van der Waals surface area contributed by atoms with Crippen LogP contribution in [0.3, 0.4) is 0 Å². The standard InChI is InChI=1S/C13H16N4O2S2/c1-21(18,19)12-7-20-5-4-17(12)13-10-3-2-9(14)6-11(10)15-8-16-13/h2-3,6,8,12H,4-5,7,14H2,1H3. The first-order valence-corrected chi connectivity index (χ1v) is 9.61. The first-order valence-electron chi connectivity index (χ1n) is 6.50. The Kier molecular flexibility index (Phi) is 3.66. The monoisotopic (exact) mass is 324 g/mol. The van der Waals surface area contributed by atoms with Crippen molar-refractivity contribution in [3.63, 3.8) is 0 Å². The summed E-state index contributed by atoms with van der Waals surface area (Å²) < 4.78 is 24.1. The number of anilines is 2. The predicted octanol–water partition coefficient (Wildman–Crippen LogP) is 1.14. The van der Waals surface area contributed by atoms with Gasteiger partial charge in [0, 0.05) is 35.4 Å². The van der Waals surface area contributed by atoms with Crippen LogP contribution in [0, 0.1) is 0 Å². The molecule has 1 atom stereocenters. The molecule has 1 fully saturated rings. The van der Waals surface area contributed by atoms with Crippen molar-refractivity contribution in [2.45, 2.75) is 5.37 Å². The van der Waals surface area contributed by atoms with Crippen LogP contribution in [-0.4, -0.2) is 48.1 Å². The normalized spacial score (nSPS) is 19.9. The maximum atomic E-state index is 12.0. The topological polar surface area (TPSA) is 89.2 Å². The molecular weight excluding hydrogens is 308 g/mol. The van der Waals surface area contributed by atoms with Crippen LogP contribution in [0.1, 0.15) is 0 Å². The summed E-state index contributed by atoms with van der Waals surface area (Å²) in [7, 11) is -3.18. The van der Waals surface area contributed by atoms with E-state index in [1.807, 2.05) is 11.0 Å². The Morgan fingerprint density at radius 2 is 2.19 bits per heavy atom. The minimum absolute atomic E-state index is 0.549. The number of nitrogens with zero attached hydrogens (tertiary/aromatic N) is 3. The van der Waals surface area contributed by atoms with Gasteiger partial charge in [-0.1, -0.05) is 0 Å². The van der Waals surface area contributed by atoms with E-state index >= 15 is 0 Å². The summed E-state index contributed by atoms with van der Waals surface area (Å²) in [6.07, 6.45) is 2.73. The number of benzene rings is 1. The lowest BCUT2D eigenvalue weighted by Gasteiger charge is -2.35. The zero-order chi connectivity index (χ0) is 15.0. The summed E-state index contributed by atoms with van der Waals surface area (Å²) in [6.45, 7) is 0.652. The van der Waals surface area contributed by atoms with Crippen LogP contribution in [0.25, 0.3) is 10.9 Å². The van der Waals surface area contributed by atoms with Gasteiger partial charge in [0.2, 0.25) is 0 Å². The van der Waals surface area contributed by atoms with Crippen molar-refractivity contribution in [2.24, 2.45) is 0 Å². The number of hydrogen-bond donors (Lipinski definition) is 1. The highest BCUT2D eigenvalue weighted by Crippen LogP contribution is 2.30. The average Bonchev–Trinajstić information content (AvgIpc) is 2.45. The summed E-state index contributed by atoms with van der Waals surface area (Å²) in [6, 6.07) is 5.40. The van der Waals surface area contributed by atoms with Crippen molar-refractivity contribution >= 4 is 44.0 Å². The summed E-state index contributed by atoms with van der Waals surface area (Å²) in [5.41, 5.74) is 7.13. The molecule has 3 rings (SSSR count). The molecule has 1 saturated heterocycles. The van der Waals surface area contributed by atoms with E-state index in [1.54, 1.807) is 23.9 Å². The number of nitrogen functional groups attached to an aromatic ring is 1. The Bertz CT molecular complexity index is 779. The largest absolute Gasteiger partial charge is 0.399 e. The molecule has 1 aliphatic rings. The second-order valence-electron chi connectivity index (χ2n) is 5.03. The number of sulfone groups is 1. The zero-order valence-corrected chi connectivity index (χ0v) is 13.2. The van der Waals surface area contributed by atoms with Gasteiger partial charge in [-0.15, -0.1) is 0 Å². The molecule has 0 radical (unpaired) electrons. The SMILES string of the molecule is CS(=O)(=O)C1CSCCN1c1ncnc2cc(N)ccc12. The highest BCUT2D eigenvalue weighted by Gasteiger charge is 2.32. The first-order chi connectivity index (χ1) is 9.97. The van der Waals surface area contributed by atoms with E-state index in [0.29, 0.717) is 23.8 Å². The van der Waals surface area contributed by atoms with Crippen LogP contribution in [0.4, 0.5) is 11.5 Å². The summed E-state index contributed by atoms with van der Waals surface area (Å²) in [5.74, 6) is 2.10. The molecule has 8 heteroatoms. The van der Waals surface area contributed by atoms with E-state index < -0.39 is 15.2 Å². The van der Waals surface area contributed by atoms with E-state index in [2.05, 4.69) is 9.97 Å². The maximum absolute atomic E-state index is 12.0. The number of aromatic nitrogens is 2. The number of nitrogens with two attached hydrogens (primary N) is 1. The molecule has 1 aromatic heterocycles. The van der Waals surface area contributed by atoms with Gasteiger partial charge in [0.05, 0.1) is 5.52 Å². The van der Waals surface area contributed by atoms with Crippen LogP contribution in [-0.2, 0) is 9.84 Å². The molecule has 1 unspecified atom stereocenters. The smallest absolute Gasteiger partial charge is 0.169 e. The Morgan fingerprint density at radius 1 is 1.38 bits per heavy atom. The van der Waals surface area contributed by atoms with Crippen LogP contribution in [0.15, 0.2) is 24.5 Å². The number of thioether (sulfide) groups is 1.